The van der Waals surface area contributed by atoms with Crippen LogP contribution in [0.3, 0.4) is 0 Å². The number of hydrogen-bond acceptors (Lipinski definition) is 2. The molecule has 1 saturated heterocycles. The second kappa shape index (κ2) is 5.38. The van der Waals surface area contributed by atoms with E-state index in [9.17, 15) is 0 Å². The lowest BCUT2D eigenvalue weighted by molar-refractivity contribution is 0.215. The maximum absolute atomic E-state index is 3.55. The van der Waals surface area contributed by atoms with E-state index in [1.807, 2.05) is 0 Å². The number of rotatable bonds is 2. The standard InChI is InChI=1S/C18H27N3/c1-18(2,3)19-15-7-8-17-14(12-15)9-11-21(17)16-6-5-10-20(4)13-16/h7-9,11-12,16,19H,5-6,10,13H2,1-4H3. The van der Waals surface area contributed by atoms with Crippen LogP contribution in [0.25, 0.3) is 10.9 Å². The fourth-order valence-electron chi connectivity index (χ4n) is 3.36. The lowest BCUT2D eigenvalue weighted by Gasteiger charge is -2.31. The van der Waals surface area contributed by atoms with Crippen LogP contribution in [0.2, 0.25) is 0 Å². The summed E-state index contributed by atoms with van der Waals surface area (Å²) in [5.74, 6) is 0. The summed E-state index contributed by atoms with van der Waals surface area (Å²) in [6.07, 6.45) is 4.84. The molecular formula is C18H27N3. The average molecular weight is 285 g/mol. The molecule has 0 radical (unpaired) electrons. The van der Waals surface area contributed by atoms with Gasteiger partial charge in [-0.3, -0.25) is 0 Å². The predicted molar refractivity (Wildman–Crippen MR) is 91.1 cm³/mol. The Bertz CT molecular complexity index is 621. The molecule has 1 aliphatic rings. The Labute approximate surface area is 127 Å². The molecule has 0 amide bonds. The van der Waals surface area contributed by atoms with Gasteiger partial charge in [-0.1, -0.05) is 0 Å². The molecule has 1 N–H and O–H groups in total. The SMILES string of the molecule is CN1CCCC(n2ccc3cc(NC(C)(C)C)ccc32)C1. The number of benzene rings is 1. The fraction of sp³-hybridized carbons (Fsp3) is 0.556. The van der Waals surface area contributed by atoms with Crippen LogP contribution >= 0.6 is 0 Å². The molecule has 3 nitrogen and oxygen atoms in total. The minimum atomic E-state index is 0.0995. The molecule has 114 valence electrons. The molecule has 3 rings (SSSR count). The molecular weight excluding hydrogens is 258 g/mol. The number of hydrogen-bond donors (Lipinski definition) is 1. The molecule has 21 heavy (non-hydrogen) atoms. The second-order valence-electron chi connectivity index (χ2n) is 7.43. The average Bonchev–Trinajstić information content (AvgIpc) is 2.79. The van der Waals surface area contributed by atoms with Gasteiger partial charge >= 0.3 is 0 Å². The highest BCUT2D eigenvalue weighted by atomic mass is 15.2. The quantitative estimate of drug-likeness (QED) is 0.895. The number of nitrogens with one attached hydrogen (secondary N) is 1. The van der Waals surface area contributed by atoms with Gasteiger partial charge in [-0.15, -0.1) is 0 Å². The topological polar surface area (TPSA) is 20.2 Å². The van der Waals surface area contributed by atoms with Crippen LogP contribution in [0.15, 0.2) is 30.5 Å². The van der Waals surface area contributed by atoms with Crippen molar-refractivity contribution in [3.05, 3.63) is 30.5 Å². The highest BCUT2D eigenvalue weighted by Crippen LogP contribution is 2.28. The van der Waals surface area contributed by atoms with Crippen molar-refractivity contribution in [2.24, 2.45) is 0 Å². The molecule has 2 heterocycles. The van der Waals surface area contributed by atoms with Crippen molar-refractivity contribution < 1.29 is 0 Å². The molecule has 0 saturated carbocycles. The third-order valence-electron chi connectivity index (χ3n) is 4.23. The Morgan fingerprint density at radius 1 is 1.19 bits per heavy atom. The zero-order valence-electron chi connectivity index (χ0n) is 13.7. The van der Waals surface area contributed by atoms with Gasteiger partial charge in [-0.05, 0) is 71.5 Å². The van der Waals surface area contributed by atoms with Gasteiger partial charge in [0.15, 0.2) is 0 Å². The first-order chi connectivity index (χ1) is 9.92. The Hall–Kier alpha value is -1.48. The number of nitrogens with zero attached hydrogens (tertiary/aromatic N) is 2. The van der Waals surface area contributed by atoms with Gasteiger partial charge in [0.2, 0.25) is 0 Å². The van der Waals surface area contributed by atoms with E-state index in [0.29, 0.717) is 6.04 Å². The molecule has 1 fully saturated rings. The summed E-state index contributed by atoms with van der Waals surface area (Å²) in [5.41, 5.74) is 2.66. The zero-order valence-corrected chi connectivity index (χ0v) is 13.7. The van der Waals surface area contributed by atoms with E-state index in [1.54, 1.807) is 0 Å². The Morgan fingerprint density at radius 3 is 2.71 bits per heavy atom. The molecule has 1 unspecified atom stereocenters. The van der Waals surface area contributed by atoms with Gasteiger partial charge in [-0.2, -0.15) is 0 Å². The lowest BCUT2D eigenvalue weighted by atomic mass is 10.1. The van der Waals surface area contributed by atoms with Crippen LogP contribution in [0.4, 0.5) is 5.69 Å². The monoisotopic (exact) mass is 285 g/mol. The summed E-state index contributed by atoms with van der Waals surface area (Å²) in [6, 6.07) is 9.60. The molecule has 3 heteroatoms. The van der Waals surface area contributed by atoms with Crippen LogP contribution in [0, 0.1) is 0 Å². The minimum Gasteiger partial charge on any atom is -0.380 e. The van der Waals surface area contributed by atoms with Crippen LogP contribution in [-0.4, -0.2) is 35.1 Å². The van der Waals surface area contributed by atoms with E-state index in [2.05, 4.69) is 73.1 Å². The summed E-state index contributed by atoms with van der Waals surface area (Å²) in [6.45, 7) is 8.97. The van der Waals surface area contributed by atoms with Crippen LogP contribution in [-0.2, 0) is 0 Å². The number of anilines is 1. The number of likely N-dealkylation sites (tertiary alicyclic amines) is 1. The highest BCUT2D eigenvalue weighted by molar-refractivity contribution is 5.84. The molecule has 2 aromatic rings. The molecule has 0 bridgehead atoms. The molecule has 1 aliphatic heterocycles. The maximum Gasteiger partial charge on any atom is 0.0484 e. The van der Waals surface area contributed by atoms with Gasteiger partial charge in [0.25, 0.3) is 0 Å². The Kier molecular flexibility index (Phi) is 3.70. The first kappa shape index (κ1) is 14.5. The molecule has 0 aliphatic carbocycles. The maximum atomic E-state index is 3.55. The number of likely N-dealkylation sites (N-methyl/N-ethyl adjacent to an activating group) is 1. The van der Waals surface area contributed by atoms with Crippen molar-refractivity contribution in [1.82, 2.24) is 9.47 Å². The largest absolute Gasteiger partial charge is 0.380 e. The van der Waals surface area contributed by atoms with Crippen LogP contribution in [0.1, 0.15) is 39.7 Å². The Morgan fingerprint density at radius 2 is 2.00 bits per heavy atom. The molecule has 0 spiro atoms. The van der Waals surface area contributed by atoms with Crippen LogP contribution in [0.5, 0.6) is 0 Å². The van der Waals surface area contributed by atoms with E-state index < -0.39 is 0 Å². The van der Waals surface area contributed by atoms with E-state index >= 15 is 0 Å². The third kappa shape index (κ3) is 3.24. The van der Waals surface area contributed by atoms with Gasteiger partial charge in [0.1, 0.15) is 0 Å². The van der Waals surface area contributed by atoms with Crippen molar-refractivity contribution in [2.75, 3.05) is 25.5 Å². The first-order valence-electron chi connectivity index (χ1n) is 8.00. The number of piperidine rings is 1. The van der Waals surface area contributed by atoms with Crippen molar-refractivity contribution >= 4 is 16.6 Å². The molecule has 1 atom stereocenters. The second-order valence-corrected chi connectivity index (χ2v) is 7.43. The molecule has 1 aromatic carbocycles. The highest BCUT2D eigenvalue weighted by Gasteiger charge is 2.20. The smallest absolute Gasteiger partial charge is 0.0484 e. The van der Waals surface area contributed by atoms with E-state index in [1.165, 1.54) is 36.0 Å². The predicted octanol–water partition coefficient (Wildman–Crippen LogP) is 4.12. The number of aromatic nitrogens is 1. The van der Waals surface area contributed by atoms with Gasteiger partial charge in [0, 0.05) is 40.9 Å². The van der Waals surface area contributed by atoms with Crippen molar-refractivity contribution in [1.29, 1.82) is 0 Å². The van der Waals surface area contributed by atoms with Crippen molar-refractivity contribution in [3.63, 3.8) is 0 Å². The van der Waals surface area contributed by atoms with Gasteiger partial charge < -0.3 is 14.8 Å². The number of fused-ring (bicyclic) bond motifs is 1. The third-order valence-corrected chi connectivity index (χ3v) is 4.23. The van der Waals surface area contributed by atoms with Crippen LogP contribution < -0.4 is 5.32 Å². The van der Waals surface area contributed by atoms with Crippen molar-refractivity contribution in [3.8, 4) is 0 Å². The van der Waals surface area contributed by atoms with E-state index in [-0.39, 0.29) is 5.54 Å². The normalized spacial score (nSPS) is 20.9. The molecule has 1 aromatic heterocycles. The van der Waals surface area contributed by atoms with Gasteiger partial charge in [-0.25, -0.2) is 0 Å². The Balaban J connectivity index is 1.89. The fourth-order valence-corrected chi connectivity index (χ4v) is 3.36. The minimum absolute atomic E-state index is 0.0995. The lowest BCUT2D eigenvalue weighted by Crippen LogP contribution is -2.33. The van der Waals surface area contributed by atoms with E-state index in [4.69, 9.17) is 0 Å². The van der Waals surface area contributed by atoms with Crippen molar-refractivity contribution in [2.45, 2.75) is 45.2 Å². The summed E-state index contributed by atoms with van der Waals surface area (Å²) in [7, 11) is 2.23. The summed E-state index contributed by atoms with van der Waals surface area (Å²) < 4.78 is 2.46. The summed E-state index contributed by atoms with van der Waals surface area (Å²) >= 11 is 0. The van der Waals surface area contributed by atoms with E-state index in [0.717, 1.165) is 6.54 Å². The first-order valence-corrected chi connectivity index (χ1v) is 8.00. The zero-order chi connectivity index (χ0) is 15.0. The summed E-state index contributed by atoms with van der Waals surface area (Å²) in [4.78, 5) is 2.44. The summed E-state index contributed by atoms with van der Waals surface area (Å²) in [5, 5.41) is 4.88. The van der Waals surface area contributed by atoms with Gasteiger partial charge in [0.05, 0.1) is 0 Å².